The molecule has 0 spiro atoms. The maximum atomic E-state index is 14.9. The summed E-state index contributed by atoms with van der Waals surface area (Å²) in [5, 5.41) is 11.1. The molecule has 4 amide bonds. The van der Waals surface area contributed by atoms with Crippen molar-refractivity contribution in [1.82, 2.24) is 9.80 Å². The summed E-state index contributed by atoms with van der Waals surface area (Å²) in [6, 6.07) is -1.74. The first kappa shape index (κ1) is 21.5. The molecule has 3 rings (SSSR count). The minimum absolute atomic E-state index is 0.0257. The molecule has 2 heterocycles. The van der Waals surface area contributed by atoms with E-state index in [0.29, 0.717) is 4.90 Å². The van der Waals surface area contributed by atoms with E-state index in [9.17, 15) is 46.9 Å². The Morgan fingerprint density at radius 3 is 2.37 bits per heavy atom. The molecule has 0 aromatic heterocycles. The highest BCUT2D eigenvalue weighted by molar-refractivity contribution is 6.19. The van der Waals surface area contributed by atoms with Gasteiger partial charge in [-0.2, -0.15) is 8.78 Å². The van der Waals surface area contributed by atoms with Gasteiger partial charge in [0.05, 0.1) is 23.6 Å². The maximum Gasteiger partial charge on any atom is 0.429 e. The van der Waals surface area contributed by atoms with Gasteiger partial charge in [-0.15, -0.1) is 0 Å². The third kappa shape index (κ3) is 2.74. The molecule has 0 N–H and O–H groups in total. The number of imide groups is 2. The molecule has 1 aliphatic carbocycles. The third-order valence-electron chi connectivity index (χ3n) is 5.11. The number of nitrogens with zero attached hydrogens (tertiary/aromatic N) is 3. The Bertz CT molecular complexity index is 949. The second kappa shape index (κ2) is 7.27. The van der Waals surface area contributed by atoms with Gasteiger partial charge < -0.3 is 4.74 Å². The Kier molecular flexibility index (Phi) is 5.22. The number of allylic oxidation sites excluding steroid dienone is 2. The predicted octanol–water partition coefficient (Wildman–Crippen LogP) is 0.466. The summed E-state index contributed by atoms with van der Waals surface area (Å²) in [7, 11) is 1.28. The molecule has 0 aromatic carbocycles. The number of rotatable bonds is 5. The highest BCUT2D eigenvalue weighted by atomic mass is 19.2. The van der Waals surface area contributed by atoms with Crippen molar-refractivity contribution < 1.29 is 46.4 Å². The van der Waals surface area contributed by atoms with E-state index in [1.807, 2.05) is 0 Å². The number of fused-ring (bicyclic) bond motifs is 1. The van der Waals surface area contributed by atoms with Gasteiger partial charge in [-0.25, -0.2) is 8.78 Å². The molecule has 2 aliphatic heterocycles. The zero-order chi connectivity index (χ0) is 22.5. The van der Waals surface area contributed by atoms with Crippen molar-refractivity contribution in [3.63, 3.8) is 0 Å². The van der Waals surface area contributed by atoms with Crippen molar-refractivity contribution in [2.24, 2.45) is 5.92 Å². The molecule has 0 aromatic rings. The molecule has 0 radical (unpaired) electrons. The molecule has 3 aliphatic rings. The molecular weight excluding hydrogens is 422 g/mol. The predicted molar refractivity (Wildman–Crippen MR) is 85.2 cm³/mol. The van der Waals surface area contributed by atoms with Crippen LogP contribution >= 0.6 is 0 Å². The number of hydrogen-bond donors (Lipinski definition) is 0. The highest BCUT2D eigenvalue weighted by Crippen LogP contribution is 2.51. The lowest BCUT2D eigenvalue weighted by Gasteiger charge is -2.34. The molecule has 3 atom stereocenters. The van der Waals surface area contributed by atoms with Crippen LogP contribution < -0.4 is 0 Å². The molecular formula is C16H13F4N3O7. The largest absolute Gasteiger partial charge is 0.429 e. The summed E-state index contributed by atoms with van der Waals surface area (Å²) in [6.45, 7) is -0.349. The number of carbonyl (C=O) groups excluding carboxylic acids is 4. The molecule has 0 saturated carbocycles. The number of alkyl halides is 1. The van der Waals surface area contributed by atoms with E-state index in [-0.39, 0.29) is 24.5 Å². The van der Waals surface area contributed by atoms with Crippen molar-refractivity contribution >= 4 is 23.6 Å². The summed E-state index contributed by atoms with van der Waals surface area (Å²) in [6.07, 6.45) is -0.781. The molecule has 14 heteroatoms. The van der Waals surface area contributed by atoms with Gasteiger partial charge in [0, 0.05) is 13.5 Å². The summed E-state index contributed by atoms with van der Waals surface area (Å²) in [4.78, 5) is 59.7. The van der Waals surface area contributed by atoms with Crippen molar-refractivity contribution in [3.05, 3.63) is 33.2 Å². The molecule has 2 saturated heterocycles. The summed E-state index contributed by atoms with van der Waals surface area (Å²) in [5.41, 5.74) is -1.59. The van der Waals surface area contributed by atoms with Gasteiger partial charge >= 0.3 is 5.79 Å². The Labute approximate surface area is 164 Å². The minimum Gasteiger partial charge on any atom is -0.383 e. The second-order valence-electron chi connectivity index (χ2n) is 6.66. The number of carbonyl (C=O) groups is 4. The van der Waals surface area contributed by atoms with Crippen LogP contribution in [-0.2, 0) is 23.9 Å². The van der Waals surface area contributed by atoms with Crippen LogP contribution in [0.15, 0.2) is 23.1 Å². The highest BCUT2D eigenvalue weighted by Gasteiger charge is 2.72. The van der Waals surface area contributed by atoms with Gasteiger partial charge in [-0.1, -0.05) is 0 Å². The first-order valence-electron chi connectivity index (χ1n) is 8.49. The van der Waals surface area contributed by atoms with Crippen LogP contribution in [0.1, 0.15) is 12.8 Å². The summed E-state index contributed by atoms with van der Waals surface area (Å²) in [5.74, 6) is -20.5. The Balaban J connectivity index is 2.06. The van der Waals surface area contributed by atoms with E-state index in [1.54, 1.807) is 0 Å². The number of nitro groups is 1. The van der Waals surface area contributed by atoms with Gasteiger partial charge in [0.25, 0.3) is 17.6 Å². The van der Waals surface area contributed by atoms with Crippen LogP contribution in [0.4, 0.5) is 17.6 Å². The number of amides is 4. The lowest BCUT2D eigenvalue weighted by Crippen LogP contribution is -2.57. The number of piperidine rings is 1. The number of ether oxygens (including phenoxy) is 1. The quantitative estimate of drug-likeness (QED) is 0.202. The third-order valence-corrected chi connectivity index (χ3v) is 5.11. The summed E-state index contributed by atoms with van der Waals surface area (Å²) < 4.78 is 61.6. The van der Waals surface area contributed by atoms with Crippen LogP contribution in [-0.4, -0.2) is 70.4 Å². The smallest absolute Gasteiger partial charge is 0.383 e. The van der Waals surface area contributed by atoms with Gasteiger partial charge in [0.2, 0.25) is 17.6 Å². The van der Waals surface area contributed by atoms with Crippen molar-refractivity contribution in [3.8, 4) is 0 Å². The fraction of sp³-hybridized carbons (Fsp3) is 0.500. The second-order valence-corrected chi connectivity index (χ2v) is 6.66. The molecule has 2 fully saturated rings. The molecule has 162 valence electrons. The Morgan fingerprint density at radius 1 is 1.17 bits per heavy atom. The van der Waals surface area contributed by atoms with Crippen LogP contribution in [0.3, 0.4) is 0 Å². The average Bonchev–Trinajstić information content (AvgIpc) is 2.95. The molecule has 0 bridgehead atoms. The molecule has 10 nitrogen and oxygen atoms in total. The minimum atomic E-state index is -4.57. The number of likely N-dealkylation sites (tertiary alicyclic amines) is 2. The van der Waals surface area contributed by atoms with E-state index in [1.165, 1.54) is 7.11 Å². The topological polar surface area (TPSA) is 127 Å². The van der Waals surface area contributed by atoms with Crippen LogP contribution in [0, 0.1) is 16.0 Å². The van der Waals surface area contributed by atoms with Gasteiger partial charge in [0.1, 0.15) is 6.04 Å². The number of halogens is 4. The van der Waals surface area contributed by atoms with Crippen molar-refractivity contribution in [2.75, 3.05) is 20.3 Å². The molecule has 3 unspecified atom stereocenters. The monoisotopic (exact) mass is 435 g/mol. The van der Waals surface area contributed by atoms with Crippen LogP contribution in [0.2, 0.25) is 0 Å². The van der Waals surface area contributed by atoms with Gasteiger partial charge in [-0.05, 0) is 6.42 Å². The molecule has 30 heavy (non-hydrogen) atoms. The maximum absolute atomic E-state index is 14.9. The average molecular weight is 435 g/mol. The Hall–Kier alpha value is -3.16. The first-order chi connectivity index (χ1) is 14.0. The zero-order valence-electron chi connectivity index (χ0n) is 15.2. The summed E-state index contributed by atoms with van der Waals surface area (Å²) >= 11 is 0. The van der Waals surface area contributed by atoms with Crippen molar-refractivity contribution in [2.45, 2.75) is 24.7 Å². The first-order valence-corrected chi connectivity index (χ1v) is 8.49. The van der Waals surface area contributed by atoms with Crippen LogP contribution in [0.25, 0.3) is 0 Å². The fourth-order valence-corrected chi connectivity index (χ4v) is 3.65. The van der Waals surface area contributed by atoms with Gasteiger partial charge in [-0.3, -0.25) is 39.1 Å². The normalized spacial score (nSPS) is 29.9. The van der Waals surface area contributed by atoms with E-state index < -0.39 is 75.8 Å². The van der Waals surface area contributed by atoms with E-state index >= 15 is 0 Å². The van der Waals surface area contributed by atoms with E-state index in [0.717, 1.165) is 0 Å². The van der Waals surface area contributed by atoms with Gasteiger partial charge in [0.15, 0.2) is 11.7 Å². The number of methoxy groups -OCH3 is 1. The fourth-order valence-electron chi connectivity index (χ4n) is 3.65. The standard InChI is InChI=1S/C16H13F4N3O7/c1-30-5-4-21-7(24)3-2-6(13(21)25)22-14(26)8-9(15(22)27)16(20,23(28)29)12(19)11(18)10(8)17/h6,9H,2-5H2,1H3. The Morgan fingerprint density at radius 2 is 1.80 bits per heavy atom. The lowest BCUT2D eigenvalue weighted by molar-refractivity contribution is -0.602. The lowest BCUT2D eigenvalue weighted by atomic mass is 9.85. The number of hydrogen-bond acceptors (Lipinski definition) is 7. The zero-order valence-corrected chi connectivity index (χ0v) is 15.2. The SMILES string of the molecule is COCCN1C(=O)CCC(N2C(=O)C3=C(F)C(F)=C(F)C(F)([N+](=O)[O-])C3C2=O)C1=O. The van der Waals surface area contributed by atoms with E-state index in [2.05, 4.69) is 0 Å². The van der Waals surface area contributed by atoms with E-state index in [4.69, 9.17) is 4.74 Å². The van der Waals surface area contributed by atoms with Crippen molar-refractivity contribution in [1.29, 1.82) is 0 Å². The van der Waals surface area contributed by atoms with Crippen LogP contribution in [0.5, 0.6) is 0 Å².